The number of amides is 1. The molecule has 1 fully saturated rings. The largest absolute Gasteiger partial charge is 0.432 e. The van der Waals surface area contributed by atoms with Crippen LogP contribution < -0.4 is 4.90 Å². The van der Waals surface area contributed by atoms with E-state index in [-0.39, 0.29) is 30.1 Å². The van der Waals surface area contributed by atoms with Crippen LogP contribution >= 0.6 is 38.5 Å². The Hall–Kier alpha value is -0.783. The molecule has 2 N–H and O–H groups in total. The Morgan fingerprint density at radius 1 is 1.26 bits per heavy atom. The van der Waals surface area contributed by atoms with Crippen molar-refractivity contribution in [2.75, 3.05) is 11.5 Å². The number of fused-ring (bicyclic) bond motifs is 2. The predicted octanol–water partition coefficient (Wildman–Crippen LogP) is 4.78. The molecule has 2 heterocycles. The van der Waals surface area contributed by atoms with Gasteiger partial charge in [-0.05, 0) is 78.0 Å². The molecule has 0 radical (unpaired) electrons. The first kappa shape index (κ1) is 23.4. The van der Waals surface area contributed by atoms with Crippen molar-refractivity contribution in [3.8, 4) is 0 Å². The lowest BCUT2D eigenvalue weighted by Crippen LogP contribution is -2.46. The zero-order valence-electron chi connectivity index (χ0n) is 17.8. The highest BCUT2D eigenvalue weighted by Crippen LogP contribution is 2.60. The summed E-state index contributed by atoms with van der Waals surface area (Å²) in [5.41, 5.74) is 1.43. The smallest absolute Gasteiger partial charge is 0.264 e. The summed E-state index contributed by atoms with van der Waals surface area (Å²) in [4.78, 5) is 27.0. The van der Waals surface area contributed by atoms with E-state index < -0.39 is 13.9 Å². The van der Waals surface area contributed by atoms with Crippen LogP contribution in [-0.2, 0) is 21.7 Å². The van der Waals surface area contributed by atoms with Crippen molar-refractivity contribution < 1.29 is 19.4 Å². The molecular formula is C23H27BrINO4Si. The van der Waals surface area contributed by atoms with Gasteiger partial charge in [-0.3, -0.25) is 4.79 Å². The highest BCUT2D eigenvalue weighted by molar-refractivity contribution is 14.1. The van der Waals surface area contributed by atoms with Crippen LogP contribution in [0.5, 0.6) is 0 Å². The van der Waals surface area contributed by atoms with Gasteiger partial charge in [-0.15, -0.1) is 0 Å². The second-order valence-corrected chi connectivity index (χ2v) is 15.2. The molecular weight excluding hydrogens is 589 g/mol. The Bertz CT molecular complexity index is 1010. The van der Waals surface area contributed by atoms with Crippen LogP contribution in [0, 0.1) is 9.49 Å². The third-order valence-electron chi connectivity index (χ3n) is 6.59. The minimum absolute atomic E-state index is 0.0415. The lowest BCUT2D eigenvalue weighted by molar-refractivity contribution is -0.146. The van der Waals surface area contributed by atoms with Gasteiger partial charge in [-0.1, -0.05) is 35.0 Å². The molecule has 31 heavy (non-hydrogen) atoms. The Morgan fingerprint density at radius 3 is 2.65 bits per heavy atom. The number of aliphatic hydroxyl groups excluding tert-OH is 1. The molecule has 2 aromatic rings. The molecule has 0 aliphatic carbocycles. The Balaban J connectivity index is 1.83. The van der Waals surface area contributed by atoms with Crippen molar-refractivity contribution in [2.24, 2.45) is 5.92 Å². The van der Waals surface area contributed by atoms with Crippen LogP contribution in [-0.4, -0.2) is 36.8 Å². The molecule has 2 aliphatic heterocycles. The van der Waals surface area contributed by atoms with E-state index in [0.29, 0.717) is 13.0 Å². The van der Waals surface area contributed by atoms with E-state index in [0.717, 1.165) is 24.9 Å². The summed E-state index contributed by atoms with van der Waals surface area (Å²) in [6.45, 7) is 6.22. The number of nitrogens with zero attached hydrogens (tertiary/aromatic N) is 1. The van der Waals surface area contributed by atoms with Gasteiger partial charge in [0.2, 0.25) is 0 Å². The van der Waals surface area contributed by atoms with E-state index in [2.05, 4.69) is 44.6 Å². The molecule has 1 saturated heterocycles. The molecule has 166 valence electrons. The predicted molar refractivity (Wildman–Crippen MR) is 135 cm³/mol. The average Bonchev–Trinajstić information content (AvgIpc) is 3.10. The normalized spacial score (nSPS) is 27.9. The Kier molecular flexibility index (Phi) is 6.43. The van der Waals surface area contributed by atoms with E-state index >= 15 is 0 Å². The monoisotopic (exact) mass is 615 g/mol. The van der Waals surface area contributed by atoms with Gasteiger partial charge in [0.05, 0.1) is 18.3 Å². The number of halogens is 2. The minimum Gasteiger partial charge on any atom is -0.432 e. The van der Waals surface area contributed by atoms with Gasteiger partial charge in [0, 0.05) is 31.7 Å². The average molecular weight is 616 g/mol. The molecule has 8 heteroatoms. The number of benzene rings is 2. The first-order valence-corrected chi connectivity index (χ1v) is 15.4. The van der Waals surface area contributed by atoms with Crippen molar-refractivity contribution in [1.82, 2.24) is 0 Å². The molecule has 2 aromatic carbocycles. The van der Waals surface area contributed by atoms with E-state index in [4.69, 9.17) is 4.74 Å². The van der Waals surface area contributed by atoms with E-state index in [1.165, 1.54) is 0 Å². The van der Waals surface area contributed by atoms with E-state index in [9.17, 15) is 14.7 Å². The van der Waals surface area contributed by atoms with Gasteiger partial charge in [0.25, 0.3) is 5.91 Å². The zero-order valence-corrected chi connectivity index (χ0v) is 22.6. The molecule has 0 saturated carbocycles. The summed E-state index contributed by atoms with van der Waals surface area (Å²) in [6, 6.07) is 14.0. The third-order valence-corrected chi connectivity index (χ3v) is 10.3. The summed E-state index contributed by atoms with van der Waals surface area (Å²) in [5.74, 6) is -0.298. The summed E-state index contributed by atoms with van der Waals surface area (Å²) >= 11 is 5.84. The number of aliphatic hydroxyl groups is 1. The van der Waals surface area contributed by atoms with Crippen molar-refractivity contribution >= 4 is 58.4 Å². The lowest BCUT2D eigenvalue weighted by atomic mass is 9.82. The molecule has 1 spiro atoms. The SMILES string of the molecule is C[C@@H]1[C@@H]([Si](C)(C)O)[C@H](CCO)O[C@@]12C(=O)N(Cc1cccc(I)c1)c1ccc(Br)cc12. The van der Waals surface area contributed by atoms with Crippen molar-refractivity contribution in [3.63, 3.8) is 0 Å². The fraction of sp³-hybridized carbons (Fsp3) is 0.435. The number of hydrogen-bond acceptors (Lipinski definition) is 4. The third kappa shape index (κ3) is 3.93. The van der Waals surface area contributed by atoms with Gasteiger partial charge in [0.15, 0.2) is 13.9 Å². The molecule has 4 atom stereocenters. The number of carbonyl (C=O) groups excluding carboxylic acids is 1. The van der Waals surface area contributed by atoms with Crippen LogP contribution in [0.25, 0.3) is 0 Å². The maximum Gasteiger partial charge on any atom is 0.264 e. The first-order chi connectivity index (χ1) is 14.6. The fourth-order valence-electron chi connectivity index (χ4n) is 5.42. The summed E-state index contributed by atoms with van der Waals surface area (Å²) < 4.78 is 8.59. The maximum atomic E-state index is 14.1. The van der Waals surface area contributed by atoms with Crippen LogP contribution in [0.15, 0.2) is 46.9 Å². The van der Waals surface area contributed by atoms with Gasteiger partial charge < -0.3 is 19.5 Å². The molecule has 0 bridgehead atoms. The number of ether oxygens (including phenoxy) is 1. The molecule has 0 unspecified atom stereocenters. The number of carbonyl (C=O) groups is 1. The van der Waals surface area contributed by atoms with E-state index in [1.807, 2.05) is 61.3 Å². The van der Waals surface area contributed by atoms with Gasteiger partial charge in [-0.2, -0.15) is 0 Å². The zero-order chi connectivity index (χ0) is 22.6. The van der Waals surface area contributed by atoms with Crippen LogP contribution in [0.1, 0.15) is 24.5 Å². The first-order valence-electron chi connectivity index (χ1n) is 10.5. The van der Waals surface area contributed by atoms with Crippen LogP contribution in [0.2, 0.25) is 18.6 Å². The number of anilines is 1. The van der Waals surface area contributed by atoms with Crippen molar-refractivity contribution in [2.45, 2.75) is 50.2 Å². The van der Waals surface area contributed by atoms with Crippen molar-refractivity contribution in [1.29, 1.82) is 0 Å². The van der Waals surface area contributed by atoms with Crippen molar-refractivity contribution in [3.05, 3.63) is 61.6 Å². The maximum absolute atomic E-state index is 14.1. The Morgan fingerprint density at radius 2 is 2.00 bits per heavy atom. The second kappa shape index (κ2) is 8.53. The lowest BCUT2D eigenvalue weighted by Gasteiger charge is -2.32. The standard InChI is InChI=1S/C23H27BrINO4Si/c1-14-21(31(2,3)29)20(9-10-27)30-23(14)18-12-16(24)7-8-19(18)26(22(23)28)13-15-5-4-6-17(25)11-15/h4-8,11-12,14,20-21,27,29H,9-10,13H2,1-3H3/t14-,20+,21-,23+/m1/s1. The molecule has 2 aliphatic rings. The number of hydrogen-bond donors (Lipinski definition) is 2. The summed E-state index contributed by atoms with van der Waals surface area (Å²) in [6.07, 6.45) is 0.0430. The van der Waals surface area contributed by atoms with Crippen LogP contribution in [0.4, 0.5) is 5.69 Å². The van der Waals surface area contributed by atoms with Gasteiger partial charge >= 0.3 is 0 Å². The molecule has 4 rings (SSSR count). The summed E-state index contributed by atoms with van der Waals surface area (Å²) in [5, 5.41) is 9.66. The molecule has 1 amide bonds. The fourth-order valence-corrected chi connectivity index (χ4v) is 8.99. The van der Waals surface area contributed by atoms with E-state index in [1.54, 1.807) is 0 Å². The highest BCUT2D eigenvalue weighted by Gasteiger charge is 2.66. The molecule has 5 nitrogen and oxygen atoms in total. The van der Waals surface area contributed by atoms with Gasteiger partial charge in [-0.25, -0.2) is 0 Å². The Labute approximate surface area is 206 Å². The second-order valence-electron chi connectivity index (χ2n) is 9.06. The quantitative estimate of drug-likeness (QED) is 0.375. The topological polar surface area (TPSA) is 70.0 Å². The number of rotatable bonds is 5. The highest BCUT2D eigenvalue weighted by atomic mass is 127. The summed E-state index contributed by atoms with van der Waals surface area (Å²) in [7, 11) is -2.67. The minimum atomic E-state index is -2.67. The van der Waals surface area contributed by atoms with Gasteiger partial charge in [0.1, 0.15) is 0 Å². The van der Waals surface area contributed by atoms with Crippen LogP contribution in [0.3, 0.4) is 0 Å². The molecule has 0 aromatic heterocycles.